The summed E-state index contributed by atoms with van der Waals surface area (Å²) in [6.45, 7) is 3.56. The molecule has 0 fully saturated rings. The van der Waals surface area contributed by atoms with Gasteiger partial charge in [-0.3, -0.25) is 9.59 Å². The van der Waals surface area contributed by atoms with Crippen LogP contribution in [0.15, 0.2) is 60.7 Å². The topological polar surface area (TPSA) is 130 Å². The van der Waals surface area contributed by atoms with Gasteiger partial charge < -0.3 is 38.6 Å². The van der Waals surface area contributed by atoms with Gasteiger partial charge in [-0.25, -0.2) is 0 Å². The van der Waals surface area contributed by atoms with Crippen molar-refractivity contribution in [3.05, 3.63) is 116 Å². The van der Waals surface area contributed by atoms with E-state index in [0.29, 0.717) is 97.7 Å². The van der Waals surface area contributed by atoms with Crippen LogP contribution in [0, 0.1) is 0 Å². The largest absolute Gasteiger partial charge is 0.507 e. The van der Waals surface area contributed by atoms with Crippen molar-refractivity contribution < 1.29 is 48.2 Å². The first-order chi connectivity index (χ1) is 24.5. The minimum absolute atomic E-state index is 0.0890. The van der Waals surface area contributed by atoms with Crippen molar-refractivity contribution in [2.45, 2.75) is 25.7 Å². The molecular weight excluding hydrogens is 640 g/mol. The number of benzene rings is 4. The molecule has 0 unspecified atom stereocenters. The molecule has 50 heavy (non-hydrogen) atoms. The highest BCUT2D eigenvalue weighted by Crippen LogP contribution is 2.38. The molecule has 4 aromatic rings. The van der Waals surface area contributed by atoms with Crippen LogP contribution in [0.3, 0.4) is 0 Å². The number of aromatic hydroxyl groups is 2. The fourth-order valence-corrected chi connectivity index (χ4v) is 6.44. The molecule has 0 atom stereocenters. The molecule has 1 heterocycles. The molecule has 1 aliphatic heterocycles. The Hall–Kier alpha value is -4.74. The first-order valence-corrected chi connectivity index (χ1v) is 16.9. The summed E-state index contributed by atoms with van der Waals surface area (Å²) in [4.78, 5) is 24.3. The Morgan fingerprint density at radius 3 is 0.980 bits per heavy atom. The molecule has 0 aromatic heterocycles. The number of aldehydes is 2. The van der Waals surface area contributed by atoms with Crippen molar-refractivity contribution in [1.82, 2.24) is 0 Å². The van der Waals surface area contributed by atoms with Gasteiger partial charge in [0.25, 0.3) is 0 Å². The number of ether oxygens (including phenoxy) is 6. The average molecular weight is 683 g/mol. The first kappa shape index (κ1) is 35.1. The predicted octanol–water partition coefficient (Wildman–Crippen LogP) is 5.24. The van der Waals surface area contributed by atoms with Crippen LogP contribution in [0.5, 0.6) is 23.0 Å². The lowest BCUT2D eigenvalue weighted by molar-refractivity contribution is -0.00706. The van der Waals surface area contributed by atoms with Crippen LogP contribution in [0.4, 0.5) is 0 Å². The van der Waals surface area contributed by atoms with Gasteiger partial charge in [0.1, 0.15) is 48.8 Å². The normalized spacial score (nSPS) is 16.4. The standard InChI is InChI=1S/C40H42O10/c41-25-27-17-33-21-29-3-1-4-30-22-34-18-28(26-42)20-36(38(34)44)24-32-6-2-5-31(23-35(19-27)37(33)43)40(32)50-16-14-48-12-10-46-8-7-45-9-11-47-13-15-49-39(29)30/h1-6,17-20,25-26,43-44H,7-16,21-24H2. The summed E-state index contributed by atoms with van der Waals surface area (Å²) in [5, 5.41) is 23.4. The number of hydrogen-bond donors (Lipinski definition) is 2. The SMILES string of the molecule is O=Cc1cc2c(O)c(c1)Cc1cccc3c1OCCOCCOCCOCCOCCOc1c(cccc1Cc1cc(C=O)cc(c1O)C3)C2. The van der Waals surface area contributed by atoms with E-state index in [9.17, 15) is 19.8 Å². The molecule has 1 aliphatic carbocycles. The number of carbonyl (C=O) groups excluding carboxylic acids is 2. The molecule has 0 saturated heterocycles. The maximum atomic E-state index is 12.2. The number of phenols is 2. The Kier molecular flexibility index (Phi) is 12.1. The zero-order chi connectivity index (χ0) is 34.7. The average Bonchev–Trinajstić information content (AvgIpc) is 3.12. The van der Waals surface area contributed by atoms with Crippen LogP contribution >= 0.6 is 0 Å². The maximum Gasteiger partial charge on any atom is 0.150 e. The number of carbonyl (C=O) groups is 2. The predicted molar refractivity (Wildman–Crippen MR) is 185 cm³/mol. The highest BCUT2D eigenvalue weighted by molar-refractivity contribution is 5.78. The second-order valence-corrected chi connectivity index (χ2v) is 12.3. The van der Waals surface area contributed by atoms with Gasteiger partial charge in [0, 0.05) is 36.8 Å². The van der Waals surface area contributed by atoms with Gasteiger partial charge in [-0.05, 0) is 68.8 Å². The van der Waals surface area contributed by atoms with Crippen LogP contribution in [-0.2, 0) is 44.6 Å². The zero-order valence-corrected chi connectivity index (χ0v) is 28.0. The minimum Gasteiger partial charge on any atom is -0.507 e. The molecule has 0 saturated carbocycles. The lowest BCUT2D eigenvalue weighted by Gasteiger charge is -2.21. The van der Waals surface area contributed by atoms with E-state index in [1.807, 2.05) is 36.4 Å². The third-order valence-electron chi connectivity index (χ3n) is 8.80. The van der Waals surface area contributed by atoms with Gasteiger partial charge in [-0.15, -0.1) is 0 Å². The Morgan fingerprint density at radius 2 is 0.700 bits per heavy atom. The van der Waals surface area contributed by atoms with Crippen molar-refractivity contribution in [3.8, 4) is 23.0 Å². The lowest BCUT2D eigenvalue weighted by Crippen LogP contribution is -2.15. The molecule has 262 valence electrons. The maximum absolute atomic E-state index is 12.2. The van der Waals surface area contributed by atoms with E-state index < -0.39 is 0 Å². The third-order valence-corrected chi connectivity index (χ3v) is 8.80. The fraction of sp³-hybridized carbons (Fsp3) is 0.350. The van der Waals surface area contributed by atoms with Crippen LogP contribution in [0.1, 0.15) is 65.2 Å². The van der Waals surface area contributed by atoms with E-state index in [2.05, 4.69) is 0 Å². The summed E-state index contributed by atoms with van der Waals surface area (Å²) in [5.74, 6) is 1.34. The van der Waals surface area contributed by atoms with E-state index in [-0.39, 0.29) is 50.4 Å². The zero-order valence-electron chi connectivity index (χ0n) is 28.0. The monoisotopic (exact) mass is 682 g/mol. The Balaban J connectivity index is 1.49. The van der Waals surface area contributed by atoms with Gasteiger partial charge in [0.2, 0.25) is 0 Å². The minimum atomic E-state index is 0.0890. The van der Waals surface area contributed by atoms with Crippen molar-refractivity contribution in [2.24, 2.45) is 0 Å². The van der Waals surface area contributed by atoms with E-state index in [4.69, 9.17) is 28.4 Å². The van der Waals surface area contributed by atoms with Crippen LogP contribution < -0.4 is 9.47 Å². The van der Waals surface area contributed by atoms with Gasteiger partial charge in [0.05, 0.1) is 52.9 Å². The molecule has 4 aromatic carbocycles. The third kappa shape index (κ3) is 8.70. The number of rotatable bonds is 2. The van der Waals surface area contributed by atoms with E-state index in [1.165, 1.54) is 0 Å². The summed E-state index contributed by atoms with van der Waals surface area (Å²) in [6, 6.07) is 18.3. The van der Waals surface area contributed by atoms with E-state index >= 15 is 0 Å². The van der Waals surface area contributed by atoms with Crippen molar-refractivity contribution in [3.63, 3.8) is 0 Å². The quantitative estimate of drug-likeness (QED) is 0.239. The van der Waals surface area contributed by atoms with Crippen molar-refractivity contribution in [1.29, 1.82) is 0 Å². The summed E-state index contributed by atoms with van der Waals surface area (Å²) < 4.78 is 35.5. The molecule has 0 spiro atoms. The van der Waals surface area contributed by atoms with Crippen LogP contribution in [0.2, 0.25) is 0 Å². The highest BCUT2D eigenvalue weighted by Gasteiger charge is 2.21. The second kappa shape index (κ2) is 17.3. The molecule has 10 nitrogen and oxygen atoms in total. The molecule has 2 N–H and O–H groups in total. The van der Waals surface area contributed by atoms with Gasteiger partial charge in [0.15, 0.2) is 0 Å². The first-order valence-electron chi connectivity index (χ1n) is 16.9. The molecule has 0 amide bonds. The molecule has 0 radical (unpaired) electrons. The van der Waals surface area contributed by atoms with Crippen molar-refractivity contribution >= 4 is 12.6 Å². The number of hydrogen-bond acceptors (Lipinski definition) is 10. The van der Waals surface area contributed by atoms with Gasteiger partial charge in [-0.1, -0.05) is 36.4 Å². The van der Waals surface area contributed by atoms with E-state index in [1.54, 1.807) is 24.3 Å². The highest BCUT2D eigenvalue weighted by atomic mass is 16.6. The molecule has 10 bridgehead atoms. The van der Waals surface area contributed by atoms with E-state index in [0.717, 1.165) is 34.8 Å². The summed E-state index contributed by atoms with van der Waals surface area (Å²) in [7, 11) is 0. The van der Waals surface area contributed by atoms with Gasteiger partial charge >= 0.3 is 0 Å². The smallest absolute Gasteiger partial charge is 0.150 e. The Morgan fingerprint density at radius 1 is 0.420 bits per heavy atom. The second-order valence-electron chi connectivity index (χ2n) is 12.3. The fourth-order valence-electron chi connectivity index (χ4n) is 6.44. The molecule has 10 heteroatoms. The van der Waals surface area contributed by atoms with Crippen molar-refractivity contribution in [2.75, 3.05) is 66.1 Å². The Labute approximate surface area is 291 Å². The number of phenolic OH excluding ortho intramolecular Hbond substituents is 2. The molecule has 6 rings (SSSR count). The summed E-state index contributed by atoms with van der Waals surface area (Å²) in [5.41, 5.74) is 6.29. The van der Waals surface area contributed by atoms with Crippen LogP contribution in [-0.4, -0.2) is 88.9 Å². The van der Waals surface area contributed by atoms with Crippen LogP contribution in [0.25, 0.3) is 0 Å². The molecule has 2 aliphatic rings. The molecular formula is C40H42O10. The summed E-state index contributed by atoms with van der Waals surface area (Å²) in [6.07, 6.45) is 2.65. The lowest BCUT2D eigenvalue weighted by atomic mass is 9.90. The number of fused-ring (bicyclic) bond motifs is 2. The Bertz CT molecular complexity index is 1580. The number of para-hydroxylation sites is 2. The van der Waals surface area contributed by atoms with Gasteiger partial charge in [-0.2, -0.15) is 0 Å². The summed E-state index contributed by atoms with van der Waals surface area (Å²) >= 11 is 0.